The van der Waals surface area contributed by atoms with Gasteiger partial charge < -0.3 is 25.4 Å². The molecular formula is C52H55N7O6S2. The van der Waals surface area contributed by atoms with Crippen molar-refractivity contribution in [3.63, 3.8) is 0 Å². The monoisotopic (exact) mass is 937 g/mol. The lowest BCUT2D eigenvalue weighted by Crippen LogP contribution is -2.42. The van der Waals surface area contributed by atoms with Gasteiger partial charge in [0, 0.05) is 62.3 Å². The van der Waals surface area contributed by atoms with E-state index in [1.165, 1.54) is 6.07 Å². The summed E-state index contributed by atoms with van der Waals surface area (Å²) in [5.74, 6) is 0.0561. The summed E-state index contributed by atoms with van der Waals surface area (Å²) in [5, 5.41) is 36.3. The number of hydrogen-bond donors (Lipinski definition) is 4. The highest BCUT2D eigenvalue weighted by molar-refractivity contribution is 7.99. The van der Waals surface area contributed by atoms with Gasteiger partial charge in [-0.1, -0.05) is 60.7 Å². The van der Waals surface area contributed by atoms with Crippen LogP contribution in [0.15, 0.2) is 131 Å². The molecule has 1 atom stereocenters. The van der Waals surface area contributed by atoms with E-state index in [2.05, 4.69) is 37.5 Å². The zero-order valence-electron chi connectivity index (χ0n) is 37.9. The lowest BCUT2D eigenvalue weighted by Gasteiger charge is -2.33. The average molecular weight is 938 g/mol. The molecule has 4 N–H and O–H groups in total. The van der Waals surface area contributed by atoms with Gasteiger partial charge in [0.25, 0.3) is 11.6 Å². The van der Waals surface area contributed by atoms with E-state index in [0.29, 0.717) is 58.4 Å². The highest BCUT2D eigenvalue weighted by Crippen LogP contribution is 2.34. The van der Waals surface area contributed by atoms with Crippen molar-refractivity contribution in [3.05, 3.63) is 159 Å². The number of fused-ring (bicyclic) bond motifs is 2. The molecule has 0 aliphatic carbocycles. The van der Waals surface area contributed by atoms with Crippen LogP contribution in [-0.2, 0) is 6.42 Å². The fourth-order valence-electron chi connectivity index (χ4n) is 8.90. The number of aromatic carboxylic acids is 1. The maximum absolute atomic E-state index is 13.7. The minimum Gasteiger partial charge on any atom is -0.493 e. The van der Waals surface area contributed by atoms with Crippen molar-refractivity contribution in [2.24, 2.45) is 0 Å². The number of thioether (sulfide) groups is 1. The molecule has 15 heteroatoms. The third kappa shape index (κ3) is 11.4. The van der Waals surface area contributed by atoms with E-state index in [1.807, 2.05) is 99.8 Å². The number of aryl methyl sites for hydroxylation is 3. The second-order valence-electron chi connectivity index (χ2n) is 16.9. The summed E-state index contributed by atoms with van der Waals surface area (Å²) in [5.41, 5.74) is 5.23. The lowest BCUT2D eigenvalue weighted by molar-refractivity contribution is -0.384. The number of carboxylic acid groups (broad SMARTS) is 1. The van der Waals surface area contributed by atoms with Crippen LogP contribution >= 0.6 is 23.7 Å². The van der Waals surface area contributed by atoms with Crippen LogP contribution in [0.1, 0.15) is 63.2 Å². The first-order valence-electron chi connectivity index (χ1n) is 22.6. The molecule has 5 aromatic carbocycles. The van der Waals surface area contributed by atoms with Crippen molar-refractivity contribution in [2.45, 2.75) is 67.8 Å². The normalized spacial score (nSPS) is 13.7. The van der Waals surface area contributed by atoms with Gasteiger partial charge in [0.05, 0.1) is 22.7 Å². The number of likely N-dealkylation sites (tertiary alicyclic amines) is 1. The molecule has 0 spiro atoms. The highest BCUT2D eigenvalue weighted by Gasteiger charge is 2.24. The van der Waals surface area contributed by atoms with Crippen molar-refractivity contribution >= 4 is 63.3 Å². The number of nitrogens with one attached hydrogen (secondary N) is 3. The quantitative estimate of drug-likeness (QED) is 0.0188. The summed E-state index contributed by atoms with van der Waals surface area (Å²) in [6.45, 7) is 7.15. The summed E-state index contributed by atoms with van der Waals surface area (Å²) < 4.78 is 10.7. The SMILES string of the molecule is CNC1CCN(CC[C@H](CSc2ccccc2)Nc2ccc(SNC(=O)c3cc(C)c(-c4cccc5c(CCCOc6cccc7ccccc67)c(C(=O)O)nn45)c(C)c3)cc2[N+](=O)[O-])CC1. The Bertz CT molecular complexity index is 2860. The third-order valence-electron chi connectivity index (χ3n) is 12.4. The molecule has 0 unspecified atom stereocenters. The number of pyridine rings is 1. The van der Waals surface area contributed by atoms with Crippen LogP contribution in [0.5, 0.6) is 5.75 Å². The van der Waals surface area contributed by atoms with Crippen LogP contribution < -0.4 is 20.1 Å². The Morgan fingerprint density at radius 2 is 1.64 bits per heavy atom. The molecule has 1 fully saturated rings. The van der Waals surface area contributed by atoms with Crippen LogP contribution in [-0.4, -0.2) is 87.5 Å². The van der Waals surface area contributed by atoms with Crippen LogP contribution in [0.3, 0.4) is 0 Å². The van der Waals surface area contributed by atoms with Gasteiger partial charge >= 0.3 is 5.97 Å². The predicted octanol–water partition coefficient (Wildman–Crippen LogP) is 10.5. The molecule has 1 amide bonds. The van der Waals surface area contributed by atoms with Crippen molar-refractivity contribution in [1.82, 2.24) is 24.6 Å². The molecule has 1 aliphatic heterocycles. The van der Waals surface area contributed by atoms with Gasteiger partial charge in [-0.3, -0.25) is 19.6 Å². The molecule has 1 saturated heterocycles. The number of amides is 1. The van der Waals surface area contributed by atoms with Gasteiger partial charge in [-0.15, -0.1) is 11.8 Å². The first-order chi connectivity index (χ1) is 32.6. The summed E-state index contributed by atoms with van der Waals surface area (Å²) >= 11 is 2.75. The lowest BCUT2D eigenvalue weighted by atomic mass is 9.96. The smallest absolute Gasteiger partial charge is 0.356 e. The first kappa shape index (κ1) is 47.1. The van der Waals surface area contributed by atoms with Crippen LogP contribution in [0.4, 0.5) is 11.4 Å². The van der Waals surface area contributed by atoms with Crippen molar-refractivity contribution in [3.8, 4) is 17.0 Å². The molecule has 7 aromatic rings. The molecule has 0 saturated carbocycles. The molecule has 0 bridgehead atoms. The van der Waals surface area contributed by atoms with E-state index in [9.17, 15) is 24.8 Å². The van der Waals surface area contributed by atoms with Crippen molar-refractivity contribution in [2.75, 3.05) is 44.4 Å². The molecule has 3 heterocycles. The van der Waals surface area contributed by atoms with E-state index in [4.69, 9.17) is 4.74 Å². The number of anilines is 1. The maximum Gasteiger partial charge on any atom is 0.356 e. The Kier molecular flexibility index (Phi) is 15.4. The predicted molar refractivity (Wildman–Crippen MR) is 269 cm³/mol. The number of rotatable bonds is 20. The summed E-state index contributed by atoms with van der Waals surface area (Å²) in [4.78, 5) is 42.4. The van der Waals surface area contributed by atoms with Crippen LogP contribution in [0, 0.1) is 24.0 Å². The number of aromatic nitrogens is 2. The standard InChI is InChI=1S/C52H55N7O6S2/c1-34-30-37(31-35(2)49(34)46-19-10-18-45-43(50(52(61)62)55-58(45)46)17-11-29-65-48-20-9-13-36-12-7-8-16-42(36)48)51(60)56-67-41-21-22-44(47(32-41)59(63)64)54-39(33-66-40-14-5-4-6-15-40)25-28-57-26-23-38(53-3)24-27-57/h4-10,12-16,18-22,30-32,38-39,53-54H,11,17,23-29,33H2,1-3H3,(H,56,60)(H,61,62)/t39-/m1/s1. The number of hydrogen-bond acceptors (Lipinski definition) is 11. The summed E-state index contributed by atoms with van der Waals surface area (Å²) in [6.07, 6.45) is 4.06. The second kappa shape index (κ2) is 21.9. The average Bonchev–Trinajstić information content (AvgIpc) is 3.73. The van der Waals surface area contributed by atoms with E-state index in [1.54, 1.807) is 40.5 Å². The molecule has 0 radical (unpaired) electrons. The largest absolute Gasteiger partial charge is 0.493 e. The number of nitrogens with zero attached hydrogens (tertiary/aromatic N) is 4. The van der Waals surface area contributed by atoms with Gasteiger partial charge in [-0.05, 0) is 149 Å². The van der Waals surface area contributed by atoms with Gasteiger partial charge in [0.1, 0.15) is 11.4 Å². The molecule has 1 aliphatic rings. The topological polar surface area (TPSA) is 163 Å². The number of carboxylic acids is 1. The molecule has 8 rings (SSSR count). The highest BCUT2D eigenvalue weighted by atomic mass is 32.2. The molecule has 13 nitrogen and oxygen atoms in total. The number of carbonyl (C=O) groups is 2. The van der Waals surface area contributed by atoms with E-state index in [0.717, 1.165) is 94.7 Å². The minimum absolute atomic E-state index is 0.0112. The van der Waals surface area contributed by atoms with Gasteiger partial charge in [0.2, 0.25) is 0 Å². The minimum atomic E-state index is -1.11. The number of piperidine rings is 1. The Morgan fingerprint density at radius 3 is 2.39 bits per heavy atom. The number of ether oxygens (including phenoxy) is 1. The zero-order chi connectivity index (χ0) is 46.9. The first-order valence-corrected chi connectivity index (χ1v) is 24.4. The molecule has 346 valence electrons. The number of nitro benzene ring substituents is 1. The van der Waals surface area contributed by atoms with E-state index in [-0.39, 0.29) is 28.3 Å². The molecule has 67 heavy (non-hydrogen) atoms. The zero-order valence-corrected chi connectivity index (χ0v) is 39.5. The van der Waals surface area contributed by atoms with Gasteiger partial charge in [0.15, 0.2) is 5.69 Å². The molecular weight excluding hydrogens is 883 g/mol. The fourth-order valence-corrected chi connectivity index (χ4v) is 10.5. The second-order valence-corrected chi connectivity index (χ2v) is 18.9. The van der Waals surface area contributed by atoms with Crippen LogP contribution in [0.2, 0.25) is 0 Å². The van der Waals surface area contributed by atoms with Crippen molar-refractivity contribution < 1.29 is 24.4 Å². The third-order valence-corrected chi connectivity index (χ3v) is 14.3. The fraction of sp³-hybridized carbons (Fsp3) is 0.288. The van der Waals surface area contributed by atoms with Crippen LogP contribution in [0.25, 0.3) is 27.5 Å². The maximum atomic E-state index is 13.7. The van der Waals surface area contributed by atoms with E-state index >= 15 is 0 Å². The Labute approximate surface area is 399 Å². The van der Waals surface area contributed by atoms with Gasteiger partial charge in [-0.2, -0.15) is 5.10 Å². The number of carbonyl (C=O) groups excluding carboxylic acids is 1. The number of benzene rings is 5. The van der Waals surface area contributed by atoms with Gasteiger partial charge in [-0.25, -0.2) is 9.31 Å². The van der Waals surface area contributed by atoms with Crippen molar-refractivity contribution in [1.29, 1.82) is 0 Å². The van der Waals surface area contributed by atoms with E-state index < -0.39 is 5.97 Å². The summed E-state index contributed by atoms with van der Waals surface area (Å²) in [6, 6.07) is 38.9. The Balaban J connectivity index is 0.937. The Morgan fingerprint density at radius 1 is 0.910 bits per heavy atom. The number of nitro groups is 1. The Hall–Kier alpha value is -6.39. The summed E-state index contributed by atoms with van der Waals surface area (Å²) in [7, 11) is 2.02. The molecule has 2 aromatic heterocycles.